The Labute approximate surface area is 116 Å². The van der Waals surface area contributed by atoms with Gasteiger partial charge in [0.05, 0.1) is 0 Å². The van der Waals surface area contributed by atoms with E-state index in [1.807, 2.05) is 0 Å². The molecule has 0 bridgehead atoms. The summed E-state index contributed by atoms with van der Waals surface area (Å²) in [4.78, 5) is 0. The van der Waals surface area contributed by atoms with Gasteiger partial charge in [0.25, 0.3) is 0 Å². The summed E-state index contributed by atoms with van der Waals surface area (Å²) in [6.07, 6.45) is -1.91. The van der Waals surface area contributed by atoms with Crippen LogP contribution in [0.2, 0.25) is 0 Å². The zero-order valence-corrected chi connectivity index (χ0v) is 10.6. The molecule has 0 radical (unpaired) electrons. The summed E-state index contributed by atoms with van der Waals surface area (Å²) in [5.41, 5.74) is 3.23. The van der Waals surface area contributed by atoms with Crippen LogP contribution in [-0.2, 0) is 0 Å². The Morgan fingerprint density at radius 3 is 2.30 bits per heavy atom. The molecule has 0 saturated carbocycles. The third kappa shape index (κ3) is 4.39. The van der Waals surface area contributed by atoms with Crippen LogP contribution in [0, 0.1) is 0 Å². The summed E-state index contributed by atoms with van der Waals surface area (Å²) in [5.74, 6) is -0.305. The largest absolute Gasteiger partial charge is 0.573 e. The summed E-state index contributed by atoms with van der Waals surface area (Å²) in [7, 11) is 0. The van der Waals surface area contributed by atoms with E-state index in [2.05, 4.69) is 25.7 Å². The van der Waals surface area contributed by atoms with Crippen LogP contribution < -0.4 is 15.5 Å². The van der Waals surface area contributed by atoms with Crippen LogP contribution in [0.4, 0.5) is 18.9 Å². The van der Waals surface area contributed by atoms with E-state index in [1.165, 1.54) is 41.6 Å². The second-order valence-electron chi connectivity index (χ2n) is 3.51. The summed E-state index contributed by atoms with van der Waals surface area (Å²) in [5, 5.41) is 10.1. The van der Waals surface area contributed by atoms with Gasteiger partial charge in [-0.1, -0.05) is 0 Å². The molecule has 2 N–H and O–H groups in total. The molecular formula is C10H8F3N5OS. The molecule has 6 nitrogen and oxygen atoms in total. The van der Waals surface area contributed by atoms with Gasteiger partial charge in [0, 0.05) is 5.69 Å². The number of hydrogen-bond donors (Lipinski definition) is 2. The molecule has 0 aliphatic carbocycles. The predicted octanol–water partition coefficient (Wildman–Crippen LogP) is 2.12. The van der Waals surface area contributed by atoms with Gasteiger partial charge in [-0.2, -0.15) is 0 Å². The maximum absolute atomic E-state index is 12.0. The number of rotatable bonds is 3. The van der Waals surface area contributed by atoms with Gasteiger partial charge in [-0.05, 0) is 36.5 Å². The molecule has 1 aromatic heterocycles. The highest BCUT2D eigenvalue weighted by molar-refractivity contribution is 7.80. The smallest absolute Gasteiger partial charge is 0.406 e. The SMILES string of the molecule is FC(F)(F)Oc1ccc(NC(=S)Nn2cnnc2)cc1. The van der Waals surface area contributed by atoms with E-state index in [9.17, 15) is 13.2 Å². The summed E-state index contributed by atoms with van der Waals surface area (Å²) in [6.45, 7) is 0. The molecule has 0 fully saturated rings. The van der Waals surface area contributed by atoms with Crippen molar-refractivity contribution in [3.8, 4) is 5.75 Å². The first-order chi connectivity index (χ1) is 9.42. The number of anilines is 1. The van der Waals surface area contributed by atoms with Crippen molar-refractivity contribution < 1.29 is 17.9 Å². The Balaban J connectivity index is 1.92. The van der Waals surface area contributed by atoms with Crippen LogP contribution in [0.3, 0.4) is 0 Å². The van der Waals surface area contributed by atoms with Crippen molar-refractivity contribution in [2.45, 2.75) is 6.36 Å². The Hall–Kier alpha value is -2.36. The minimum absolute atomic E-state index is 0.231. The Morgan fingerprint density at radius 1 is 1.15 bits per heavy atom. The normalized spacial score (nSPS) is 10.9. The number of benzene rings is 1. The lowest BCUT2D eigenvalue weighted by Crippen LogP contribution is -2.26. The first-order valence-electron chi connectivity index (χ1n) is 5.21. The van der Waals surface area contributed by atoms with Crippen LogP contribution in [0.1, 0.15) is 0 Å². The second-order valence-corrected chi connectivity index (χ2v) is 3.92. The minimum atomic E-state index is -4.71. The number of nitrogens with zero attached hydrogens (tertiary/aromatic N) is 3. The Bertz CT molecular complexity index is 570. The monoisotopic (exact) mass is 303 g/mol. The van der Waals surface area contributed by atoms with Crippen molar-refractivity contribution in [2.24, 2.45) is 0 Å². The molecule has 0 spiro atoms. The molecule has 1 aromatic carbocycles. The molecule has 20 heavy (non-hydrogen) atoms. The number of ether oxygens (including phenoxy) is 1. The molecule has 0 atom stereocenters. The zero-order valence-electron chi connectivity index (χ0n) is 9.76. The molecule has 2 rings (SSSR count). The highest BCUT2D eigenvalue weighted by atomic mass is 32.1. The Morgan fingerprint density at radius 2 is 1.75 bits per heavy atom. The van der Waals surface area contributed by atoms with E-state index >= 15 is 0 Å². The average molecular weight is 303 g/mol. The fourth-order valence-corrected chi connectivity index (χ4v) is 1.50. The third-order valence-corrected chi connectivity index (χ3v) is 2.19. The van der Waals surface area contributed by atoms with E-state index in [4.69, 9.17) is 12.2 Å². The highest BCUT2D eigenvalue weighted by Gasteiger charge is 2.30. The molecule has 10 heteroatoms. The molecule has 2 aromatic rings. The van der Waals surface area contributed by atoms with Gasteiger partial charge in [0.15, 0.2) is 5.11 Å². The summed E-state index contributed by atoms with van der Waals surface area (Å²) in [6, 6.07) is 5.16. The molecular weight excluding hydrogens is 295 g/mol. The van der Waals surface area contributed by atoms with Crippen molar-refractivity contribution in [3.05, 3.63) is 36.9 Å². The topological polar surface area (TPSA) is 64.0 Å². The Kier molecular flexibility index (Phi) is 4.03. The van der Waals surface area contributed by atoms with Crippen molar-refractivity contribution in [1.29, 1.82) is 0 Å². The lowest BCUT2D eigenvalue weighted by atomic mass is 10.3. The quantitative estimate of drug-likeness (QED) is 0.847. The zero-order chi connectivity index (χ0) is 14.6. The first kappa shape index (κ1) is 14.1. The average Bonchev–Trinajstić information content (AvgIpc) is 2.82. The number of nitrogens with one attached hydrogen (secondary N) is 2. The third-order valence-electron chi connectivity index (χ3n) is 2.00. The molecule has 106 valence electrons. The van der Waals surface area contributed by atoms with Crippen LogP contribution in [0.5, 0.6) is 5.75 Å². The molecule has 0 aliphatic heterocycles. The van der Waals surface area contributed by atoms with E-state index < -0.39 is 6.36 Å². The summed E-state index contributed by atoms with van der Waals surface area (Å²) < 4.78 is 41.1. The van der Waals surface area contributed by atoms with Crippen molar-refractivity contribution >= 4 is 23.0 Å². The van der Waals surface area contributed by atoms with Gasteiger partial charge in [0.2, 0.25) is 0 Å². The first-order valence-corrected chi connectivity index (χ1v) is 5.62. The van der Waals surface area contributed by atoms with Crippen LogP contribution in [0.15, 0.2) is 36.9 Å². The maximum Gasteiger partial charge on any atom is 0.573 e. The molecule has 0 aliphatic rings. The summed E-state index contributed by atoms with van der Waals surface area (Å²) >= 11 is 4.99. The van der Waals surface area contributed by atoms with Crippen LogP contribution in [0.25, 0.3) is 0 Å². The van der Waals surface area contributed by atoms with E-state index in [-0.39, 0.29) is 10.9 Å². The maximum atomic E-state index is 12.0. The van der Waals surface area contributed by atoms with Crippen LogP contribution >= 0.6 is 12.2 Å². The van der Waals surface area contributed by atoms with E-state index in [1.54, 1.807) is 0 Å². The molecule has 0 saturated heterocycles. The standard InChI is InChI=1S/C10H8F3N5OS/c11-10(12,13)19-8-3-1-7(2-4-8)16-9(20)17-18-5-14-15-6-18/h1-6H,(H2,16,17,20). The van der Waals surface area contributed by atoms with E-state index in [0.717, 1.165) is 0 Å². The lowest BCUT2D eigenvalue weighted by Gasteiger charge is -2.12. The number of hydrogen-bond acceptors (Lipinski definition) is 4. The second kappa shape index (κ2) is 5.74. The molecule has 0 unspecified atom stereocenters. The highest BCUT2D eigenvalue weighted by Crippen LogP contribution is 2.23. The van der Waals surface area contributed by atoms with Gasteiger partial charge in [-0.15, -0.1) is 23.4 Å². The fraction of sp³-hybridized carbons (Fsp3) is 0.100. The van der Waals surface area contributed by atoms with Gasteiger partial charge in [-0.3, -0.25) is 5.43 Å². The number of thiocarbonyl (C=S) groups is 1. The number of halogens is 3. The predicted molar refractivity (Wildman–Crippen MR) is 68.7 cm³/mol. The van der Waals surface area contributed by atoms with Gasteiger partial charge in [0.1, 0.15) is 18.4 Å². The van der Waals surface area contributed by atoms with Gasteiger partial charge < -0.3 is 10.1 Å². The van der Waals surface area contributed by atoms with Crippen molar-refractivity contribution in [1.82, 2.24) is 14.9 Å². The minimum Gasteiger partial charge on any atom is -0.406 e. The number of aromatic nitrogens is 3. The molecule has 1 heterocycles. The van der Waals surface area contributed by atoms with Crippen LogP contribution in [-0.4, -0.2) is 26.3 Å². The number of alkyl halides is 3. The van der Waals surface area contributed by atoms with Crippen molar-refractivity contribution in [2.75, 3.05) is 10.7 Å². The lowest BCUT2D eigenvalue weighted by molar-refractivity contribution is -0.274. The molecule has 0 amide bonds. The fourth-order valence-electron chi connectivity index (χ4n) is 1.27. The van der Waals surface area contributed by atoms with Gasteiger partial charge >= 0.3 is 6.36 Å². The van der Waals surface area contributed by atoms with E-state index in [0.29, 0.717) is 5.69 Å². The van der Waals surface area contributed by atoms with Crippen molar-refractivity contribution in [3.63, 3.8) is 0 Å². The van der Waals surface area contributed by atoms with Gasteiger partial charge in [-0.25, -0.2) is 4.68 Å².